The lowest BCUT2D eigenvalue weighted by Crippen LogP contribution is -2.19. The lowest BCUT2D eigenvalue weighted by molar-refractivity contribution is -0.122. The van der Waals surface area contributed by atoms with Crippen LogP contribution in [0.4, 0.5) is 0 Å². The number of hydrogen-bond acceptors (Lipinski definition) is 2. The maximum atomic E-state index is 10.9. The Bertz CT molecular complexity index is 125. The van der Waals surface area contributed by atoms with Crippen molar-refractivity contribution in [2.45, 2.75) is 12.8 Å². The van der Waals surface area contributed by atoms with Crippen LogP contribution in [0.5, 0.6) is 0 Å². The summed E-state index contributed by atoms with van der Waals surface area (Å²) in [6.45, 7) is 1.53. The topological polar surface area (TPSA) is 38.3 Å². The summed E-state index contributed by atoms with van der Waals surface area (Å²) in [6.07, 6.45) is 1.84. The number of ether oxygens (including phenoxy) is 1. The van der Waals surface area contributed by atoms with Gasteiger partial charge in [0, 0.05) is 26.2 Å². The zero-order valence-corrected chi connectivity index (χ0v) is 6.22. The molecule has 0 bridgehead atoms. The molecule has 0 radical (unpaired) electrons. The highest BCUT2D eigenvalue weighted by Gasteiger charge is 2.22. The van der Waals surface area contributed by atoms with Gasteiger partial charge in [0.1, 0.15) is 0 Å². The van der Waals surface area contributed by atoms with Crippen LogP contribution in [0.1, 0.15) is 12.8 Å². The summed E-state index contributed by atoms with van der Waals surface area (Å²) < 4.78 is 4.87. The first-order chi connectivity index (χ1) is 4.84. The lowest BCUT2D eigenvalue weighted by Gasteiger charge is -2.03. The van der Waals surface area contributed by atoms with Crippen molar-refractivity contribution in [1.29, 1.82) is 0 Å². The van der Waals surface area contributed by atoms with Crippen molar-refractivity contribution < 1.29 is 9.53 Å². The Hall–Kier alpha value is -0.570. The van der Waals surface area contributed by atoms with E-state index in [1.54, 1.807) is 7.11 Å². The third-order valence-electron chi connectivity index (χ3n) is 1.83. The van der Waals surface area contributed by atoms with Gasteiger partial charge in [-0.15, -0.1) is 0 Å². The minimum Gasteiger partial charge on any atom is -0.385 e. The summed E-state index contributed by atoms with van der Waals surface area (Å²) in [7, 11) is 1.66. The van der Waals surface area contributed by atoms with Crippen LogP contribution < -0.4 is 5.32 Å². The molecule has 0 aliphatic carbocycles. The molecule has 3 heteroatoms. The molecule has 1 aliphatic heterocycles. The number of methoxy groups -OCH3 is 1. The Morgan fingerprint density at radius 3 is 3.10 bits per heavy atom. The lowest BCUT2D eigenvalue weighted by atomic mass is 10.1. The number of carbonyl (C=O) groups is 1. The van der Waals surface area contributed by atoms with E-state index >= 15 is 0 Å². The molecule has 1 saturated heterocycles. The highest BCUT2D eigenvalue weighted by molar-refractivity contribution is 5.80. The Morgan fingerprint density at radius 1 is 1.80 bits per heavy atom. The standard InChI is InChI=1S/C7H13NO2/c1-10-5-3-6-2-4-8-7(6)9/h6H,2-5H2,1H3,(H,8,9)/t6-/m0/s1. The fraction of sp³-hybridized carbons (Fsp3) is 0.857. The molecule has 0 unspecified atom stereocenters. The normalized spacial score (nSPS) is 24.9. The third kappa shape index (κ3) is 1.70. The number of nitrogens with one attached hydrogen (secondary N) is 1. The molecule has 3 nitrogen and oxygen atoms in total. The van der Waals surface area contributed by atoms with Gasteiger partial charge in [0.05, 0.1) is 0 Å². The molecule has 1 fully saturated rings. The zero-order chi connectivity index (χ0) is 7.40. The van der Waals surface area contributed by atoms with Gasteiger partial charge < -0.3 is 10.1 Å². The number of hydrogen-bond donors (Lipinski definition) is 1. The molecule has 10 heavy (non-hydrogen) atoms. The van der Waals surface area contributed by atoms with Crippen LogP contribution in [0.2, 0.25) is 0 Å². The second-order valence-electron chi connectivity index (χ2n) is 2.56. The largest absolute Gasteiger partial charge is 0.385 e. The monoisotopic (exact) mass is 143 g/mol. The number of amides is 1. The molecule has 1 amide bonds. The van der Waals surface area contributed by atoms with Crippen LogP contribution in [0.25, 0.3) is 0 Å². The number of rotatable bonds is 3. The molecule has 1 N–H and O–H groups in total. The van der Waals surface area contributed by atoms with Gasteiger partial charge in [0.25, 0.3) is 0 Å². The molecule has 0 aromatic rings. The van der Waals surface area contributed by atoms with Gasteiger partial charge in [0.15, 0.2) is 0 Å². The van der Waals surface area contributed by atoms with Crippen LogP contribution in [0.3, 0.4) is 0 Å². The van der Waals surface area contributed by atoms with Crippen LogP contribution >= 0.6 is 0 Å². The van der Waals surface area contributed by atoms with Crippen molar-refractivity contribution in [2.75, 3.05) is 20.3 Å². The molecule has 58 valence electrons. The van der Waals surface area contributed by atoms with Crippen LogP contribution in [-0.2, 0) is 9.53 Å². The fourth-order valence-electron chi connectivity index (χ4n) is 1.18. The van der Waals surface area contributed by atoms with E-state index in [1.807, 2.05) is 0 Å². The van der Waals surface area contributed by atoms with E-state index in [4.69, 9.17) is 4.74 Å². The van der Waals surface area contributed by atoms with E-state index in [0.717, 1.165) is 19.4 Å². The first-order valence-electron chi connectivity index (χ1n) is 3.61. The molecule has 0 aromatic heterocycles. The minimum absolute atomic E-state index is 0.192. The first-order valence-corrected chi connectivity index (χ1v) is 3.61. The molecular weight excluding hydrogens is 130 g/mol. The van der Waals surface area contributed by atoms with Gasteiger partial charge in [-0.2, -0.15) is 0 Å². The van der Waals surface area contributed by atoms with E-state index in [0.29, 0.717) is 6.61 Å². The Morgan fingerprint density at radius 2 is 2.60 bits per heavy atom. The first kappa shape index (κ1) is 7.54. The van der Waals surface area contributed by atoms with E-state index in [1.165, 1.54) is 0 Å². The van der Waals surface area contributed by atoms with Crippen molar-refractivity contribution in [2.24, 2.45) is 5.92 Å². The van der Waals surface area contributed by atoms with Gasteiger partial charge in [-0.05, 0) is 12.8 Å². The highest BCUT2D eigenvalue weighted by Crippen LogP contribution is 2.12. The Balaban J connectivity index is 2.20. The fourth-order valence-corrected chi connectivity index (χ4v) is 1.18. The average Bonchev–Trinajstić information content (AvgIpc) is 2.31. The maximum Gasteiger partial charge on any atom is 0.223 e. The molecular formula is C7H13NO2. The smallest absolute Gasteiger partial charge is 0.223 e. The third-order valence-corrected chi connectivity index (χ3v) is 1.83. The second kappa shape index (κ2) is 3.56. The predicted molar refractivity (Wildman–Crippen MR) is 37.6 cm³/mol. The minimum atomic E-state index is 0.192. The van der Waals surface area contributed by atoms with E-state index < -0.39 is 0 Å². The summed E-state index contributed by atoms with van der Waals surface area (Å²) >= 11 is 0. The van der Waals surface area contributed by atoms with E-state index in [-0.39, 0.29) is 11.8 Å². The summed E-state index contributed by atoms with van der Waals surface area (Å²) in [5, 5.41) is 2.78. The van der Waals surface area contributed by atoms with Gasteiger partial charge in [-0.25, -0.2) is 0 Å². The Kier molecular flexibility index (Phi) is 2.68. The zero-order valence-electron chi connectivity index (χ0n) is 6.22. The van der Waals surface area contributed by atoms with Gasteiger partial charge >= 0.3 is 0 Å². The van der Waals surface area contributed by atoms with Crippen molar-refractivity contribution in [3.05, 3.63) is 0 Å². The predicted octanol–water partition coefficient (Wildman–Crippen LogP) is 0.159. The summed E-state index contributed by atoms with van der Waals surface area (Å²) in [4.78, 5) is 10.9. The van der Waals surface area contributed by atoms with Crippen molar-refractivity contribution >= 4 is 5.91 Å². The summed E-state index contributed by atoms with van der Waals surface area (Å²) in [5.41, 5.74) is 0. The van der Waals surface area contributed by atoms with Gasteiger partial charge in [-0.3, -0.25) is 4.79 Å². The average molecular weight is 143 g/mol. The summed E-state index contributed by atoms with van der Waals surface area (Å²) in [5.74, 6) is 0.400. The Labute approximate surface area is 60.7 Å². The van der Waals surface area contributed by atoms with Gasteiger partial charge in [-0.1, -0.05) is 0 Å². The molecule has 0 spiro atoms. The van der Waals surface area contributed by atoms with E-state index in [9.17, 15) is 4.79 Å². The van der Waals surface area contributed by atoms with Crippen LogP contribution in [0, 0.1) is 5.92 Å². The quantitative estimate of drug-likeness (QED) is 0.611. The van der Waals surface area contributed by atoms with Gasteiger partial charge in [0.2, 0.25) is 5.91 Å². The molecule has 1 rings (SSSR count). The molecule has 0 aromatic carbocycles. The van der Waals surface area contributed by atoms with Crippen molar-refractivity contribution in [3.8, 4) is 0 Å². The summed E-state index contributed by atoms with van der Waals surface area (Å²) in [6, 6.07) is 0. The second-order valence-corrected chi connectivity index (χ2v) is 2.56. The van der Waals surface area contributed by atoms with E-state index in [2.05, 4.69) is 5.32 Å². The molecule has 1 aliphatic rings. The highest BCUT2D eigenvalue weighted by atomic mass is 16.5. The molecule has 1 heterocycles. The van der Waals surface area contributed by atoms with Crippen LogP contribution in [-0.4, -0.2) is 26.2 Å². The van der Waals surface area contributed by atoms with Crippen molar-refractivity contribution in [1.82, 2.24) is 5.32 Å². The molecule has 0 saturated carbocycles. The maximum absolute atomic E-state index is 10.9. The molecule has 1 atom stereocenters. The number of carbonyl (C=O) groups excluding carboxylic acids is 1. The van der Waals surface area contributed by atoms with Crippen LogP contribution in [0.15, 0.2) is 0 Å². The SMILES string of the molecule is COCC[C@@H]1CCNC1=O. The van der Waals surface area contributed by atoms with Crippen molar-refractivity contribution in [3.63, 3.8) is 0 Å².